The number of benzene rings is 1. The van der Waals surface area contributed by atoms with Crippen molar-refractivity contribution < 1.29 is 14.6 Å². The number of ether oxygens (including phenoxy) is 1. The summed E-state index contributed by atoms with van der Waals surface area (Å²) in [4.78, 5) is 11.3. The fourth-order valence-electron chi connectivity index (χ4n) is 1.99. The van der Waals surface area contributed by atoms with E-state index in [0.29, 0.717) is 5.92 Å². The number of carbonyl (C=O) groups is 1. The fourth-order valence-corrected chi connectivity index (χ4v) is 1.99. The van der Waals surface area contributed by atoms with Crippen molar-refractivity contribution in [2.24, 2.45) is 5.92 Å². The van der Waals surface area contributed by atoms with Crippen LogP contribution in [0.2, 0.25) is 0 Å². The van der Waals surface area contributed by atoms with Gasteiger partial charge in [-0.05, 0) is 24.8 Å². The summed E-state index contributed by atoms with van der Waals surface area (Å²) in [6, 6.07) is 9.24. The highest BCUT2D eigenvalue weighted by Gasteiger charge is 2.21. The Bertz CT molecular complexity index is 359. The molecule has 1 N–H and O–H groups in total. The first-order valence-electron chi connectivity index (χ1n) is 6.40. The molecule has 1 aromatic rings. The molecule has 0 spiro atoms. The first kappa shape index (κ1) is 14.7. The predicted molar refractivity (Wildman–Crippen MR) is 71.7 cm³/mol. The van der Waals surface area contributed by atoms with E-state index in [1.807, 2.05) is 37.3 Å². The summed E-state index contributed by atoms with van der Waals surface area (Å²) < 4.78 is 5.65. The average Bonchev–Trinajstić information content (AvgIpc) is 2.29. The molecular weight excluding hydrogens is 228 g/mol. The van der Waals surface area contributed by atoms with E-state index in [1.54, 1.807) is 0 Å². The molecule has 0 bridgehead atoms. The molecule has 0 amide bonds. The van der Waals surface area contributed by atoms with Gasteiger partial charge >= 0.3 is 5.97 Å². The maximum absolute atomic E-state index is 11.3. The summed E-state index contributed by atoms with van der Waals surface area (Å²) in [6.07, 6.45) is 1.04. The molecule has 1 aromatic carbocycles. The molecule has 18 heavy (non-hydrogen) atoms. The van der Waals surface area contributed by atoms with Crippen molar-refractivity contribution in [3.63, 3.8) is 0 Å². The van der Waals surface area contributed by atoms with Crippen molar-refractivity contribution >= 4 is 5.97 Å². The molecule has 0 fully saturated rings. The highest BCUT2D eigenvalue weighted by molar-refractivity contribution is 5.76. The lowest BCUT2D eigenvalue weighted by atomic mass is 10.00. The Morgan fingerprint density at radius 3 is 2.33 bits per heavy atom. The van der Waals surface area contributed by atoms with Gasteiger partial charge in [-0.1, -0.05) is 44.2 Å². The van der Waals surface area contributed by atoms with E-state index in [1.165, 1.54) is 0 Å². The summed E-state index contributed by atoms with van der Waals surface area (Å²) in [5.41, 5.74) is 0.793. The number of hydrogen-bond donors (Lipinski definition) is 1. The molecule has 0 radical (unpaired) electrons. The van der Waals surface area contributed by atoms with Gasteiger partial charge in [-0.3, -0.25) is 4.79 Å². The minimum atomic E-state index is -0.835. The van der Waals surface area contributed by atoms with E-state index in [0.717, 1.165) is 12.0 Å². The van der Waals surface area contributed by atoms with Crippen LogP contribution in [0.25, 0.3) is 0 Å². The zero-order valence-corrected chi connectivity index (χ0v) is 11.3. The molecule has 0 aliphatic carbocycles. The van der Waals surface area contributed by atoms with Crippen LogP contribution in [0.4, 0.5) is 0 Å². The standard InChI is InChI=1S/C15H22O3/c1-11(2)9-12(3)18-10-14(15(16)17)13-7-5-4-6-8-13/h4-8,11-12,14H,9-10H2,1-3H3,(H,16,17). The Balaban J connectivity index is 2.57. The van der Waals surface area contributed by atoms with Crippen molar-refractivity contribution in [1.82, 2.24) is 0 Å². The lowest BCUT2D eigenvalue weighted by molar-refractivity contribution is -0.140. The van der Waals surface area contributed by atoms with Crippen LogP contribution in [0.15, 0.2) is 30.3 Å². The van der Waals surface area contributed by atoms with E-state index in [4.69, 9.17) is 4.74 Å². The molecule has 0 aliphatic heterocycles. The number of aliphatic carboxylic acids is 1. The van der Waals surface area contributed by atoms with Gasteiger partial charge in [0.05, 0.1) is 12.7 Å². The SMILES string of the molecule is CC(C)CC(C)OCC(C(=O)O)c1ccccc1. The molecule has 0 aliphatic rings. The molecule has 3 nitrogen and oxygen atoms in total. The van der Waals surface area contributed by atoms with Gasteiger partial charge in [0.15, 0.2) is 0 Å². The minimum absolute atomic E-state index is 0.0931. The van der Waals surface area contributed by atoms with Gasteiger partial charge in [0.1, 0.15) is 5.92 Å². The third-order valence-electron chi connectivity index (χ3n) is 2.85. The molecule has 1 rings (SSSR count). The highest BCUT2D eigenvalue weighted by atomic mass is 16.5. The van der Waals surface area contributed by atoms with Crippen LogP contribution in [0.3, 0.4) is 0 Å². The normalized spacial score (nSPS) is 14.4. The van der Waals surface area contributed by atoms with Gasteiger partial charge < -0.3 is 9.84 Å². The van der Waals surface area contributed by atoms with Crippen LogP contribution in [-0.4, -0.2) is 23.8 Å². The third-order valence-corrected chi connectivity index (χ3v) is 2.85. The summed E-state index contributed by atoms with van der Waals surface area (Å²) in [5.74, 6) is -0.862. The summed E-state index contributed by atoms with van der Waals surface area (Å²) in [5, 5.41) is 9.24. The predicted octanol–water partition coefficient (Wildman–Crippen LogP) is 3.31. The topological polar surface area (TPSA) is 46.5 Å². The Labute approximate surface area is 109 Å². The molecule has 0 saturated carbocycles. The maximum Gasteiger partial charge on any atom is 0.313 e. The van der Waals surface area contributed by atoms with Gasteiger partial charge in [0.25, 0.3) is 0 Å². The number of rotatable bonds is 7. The van der Waals surface area contributed by atoms with E-state index >= 15 is 0 Å². The van der Waals surface area contributed by atoms with Crippen LogP contribution in [0.1, 0.15) is 38.7 Å². The van der Waals surface area contributed by atoms with Gasteiger partial charge in [0.2, 0.25) is 0 Å². The number of carboxylic acid groups (broad SMARTS) is 1. The van der Waals surface area contributed by atoms with Crippen LogP contribution in [0, 0.1) is 5.92 Å². The molecular formula is C15H22O3. The molecule has 3 heteroatoms. The van der Waals surface area contributed by atoms with Gasteiger partial charge in [0, 0.05) is 0 Å². The Kier molecular flexibility index (Phi) is 5.86. The first-order chi connectivity index (χ1) is 8.50. The number of carboxylic acids is 1. The molecule has 2 unspecified atom stereocenters. The van der Waals surface area contributed by atoms with E-state index in [9.17, 15) is 9.90 Å². The summed E-state index contributed by atoms with van der Waals surface area (Å²) in [6.45, 7) is 6.48. The molecule has 100 valence electrons. The van der Waals surface area contributed by atoms with Crippen molar-refractivity contribution in [3.05, 3.63) is 35.9 Å². The zero-order chi connectivity index (χ0) is 13.5. The van der Waals surface area contributed by atoms with Gasteiger partial charge in [-0.2, -0.15) is 0 Å². The fraction of sp³-hybridized carbons (Fsp3) is 0.533. The molecule has 0 saturated heterocycles. The smallest absolute Gasteiger partial charge is 0.313 e. The first-order valence-corrected chi connectivity index (χ1v) is 6.40. The minimum Gasteiger partial charge on any atom is -0.481 e. The van der Waals surface area contributed by atoms with Crippen LogP contribution >= 0.6 is 0 Å². The second kappa shape index (κ2) is 7.17. The van der Waals surface area contributed by atoms with Gasteiger partial charge in [-0.25, -0.2) is 0 Å². The molecule has 2 atom stereocenters. The van der Waals surface area contributed by atoms with E-state index in [-0.39, 0.29) is 12.7 Å². The Hall–Kier alpha value is -1.35. The average molecular weight is 250 g/mol. The molecule has 0 heterocycles. The number of hydrogen-bond acceptors (Lipinski definition) is 2. The maximum atomic E-state index is 11.3. The second-order valence-corrected chi connectivity index (χ2v) is 5.08. The summed E-state index contributed by atoms with van der Waals surface area (Å²) in [7, 11) is 0. The van der Waals surface area contributed by atoms with Crippen LogP contribution < -0.4 is 0 Å². The lowest BCUT2D eigenvalue weighted by Gasteiger charge is -2.19. The zero-order valence-electron chi connectivity index (χ0n) is 11.3. The van der Waals surface area contributed by atoms with Crippen molar-refractivity contribution in [3.8, 4) is 0 Å². The van der Waals surface area contributed by atoms with Gasteiger partial charge in [-0.15, -0.1) is 0 Å². The Morgan fingerprint density at radius 1 is 1.22 bits per heavy atom. The monoisotopic (exact) mass is 250 g/mol. The third kappa shape index (κ3) is 4.88. The van der Waals surface area contributed by atoms with Crippen molar-refractivity contribution in [2.45, 2.75) is 39.2 Å². The van der Waals surface area contributed by atoms with Crippen molar-refractivity contribution in [2.75, 3.05) is 6.61 Å². The summed E-state index contributed by atoms with van der Waals surface area (Å²) >= 11 is 0. The quantitative estimate of drug-likeness (QED) is 0.807. The van der Waals surface area contributed by atoms with Crippen LogP contribution in [0.5, 0.6) is 0 Å². The van der Waals surface area contributed by atoms with Crippen molar-refractivity contribution in [1.29, 1.82) is 0 Å². The van der Waals surface area contributed by atoms with E-state index < -0.39 is 11.9 Å². The lowest BCUT2D eigenvalue weighted by Crippen LogP contribution is -2.21. The van der Waals surface area contributed by atoms with Crippen LogP contribution in [-0.2, 0) is 9.53 Å². The Morgan fingerprint density at radius 2 is 1.83 bits per heavy atom. The van der Waals surface area contributed by atoms with E-state index in [2.05, 4.69) is 13.8 Å². The molecule has 0 aromatic heterocycles. The highest BCUT2D eigenvalue weighted by Crippen LogP contribution is 2.18. The second-order valence-electron chi connectivity index (χ2n) is 5.08. The largest absolute Gasteiger partial charge is 0.481 e.